The van der Waals surface area contributed by atoms with Crippen LogP contribution in [0.3, 0.4) is 0 Å². The number of aromatic carboxylic acids is 1. The molecule has 0 fully saturated rings. The van der Waals surface area contributed by atoms with Crippen LogP contribution in [-0.4, -0.2) is 131 Å². The Morgan fingerprint density at radius 2 is 1.30 bits per heavy atom. The number of nitrogens with two attached hydrogens (primary N) is 1. The van der Waals surface area contributed by atoms with Gasteiger partial charge in [-0.25, -0.2) is 4.79 Å². The summed E-state index contributed by atoms with van der Waals surface area (Å²) in [6.07, 6.45) is -0.171. The third-order valence-corrected chi connectivity index (χ3v) is 6.45. The number of carbonyl (C=O) groups is 4. The minimum absolute atomic E-state index is 0. The van der Waals surface area contributed by atoms with E-state index in [1.165, 1.54) is 30.3 Å². The molecule has 1 amide bonds. The van der Waals surface area contributed by atoms with Crippen LogP contribution < -0.4 is 44.1 Å². The van der Waals surface area contributed by atoms with Crippen molar-refractivity contribution in [3.63, 3.8) is 0 Å². The van der Waals surface area contributed by atoms with Crippen LogP contribution in [0.25, 0.3) is 0 Å². The number of halogens is 2. The summed E-state index contributed by atoms with van der Waals surface area (Å²) in [4.78, 5) is 54.5. The van der Waals surface area contributed by atoms with Crippen LogP contribution in [-0.2, 0) is 31.9 Å². The number of carboxylic acids is 1. The van der Waals surface area contributed by atoms with E-state index in [9.17, 15) is 39.6 Å². The summed E-state index contributed by atoms with van der Waals surface area (Å²) in [6, 6.07) is 8.68. The van der Waals surface area contributed by atoms with E-state index in [4.69, 9.17) is 16.2 Å². The molecule has 2 aliphatic heterocycles. The summed E-state index contributed by atoms with van der Waals surface area (Å²) in [5.74, 6) is -1.19. The van der Waals surface area contributed by atoms with Crippen LogP contribution in [0.4, 0.5) is 0 Å². The molecule has 0 radical (unpaired) electrons. The number of aliphatic hydroxyl groups is 2. The van der Waals surface area contributed by atoms with Crippen LogP contribution in [0.15, 0.2) is 46.4 Å². The number of alkyl halides is 1. The van der Waals surface area contributed by atoms with E-state index in [0.29, 0.717) is 68.4 Å². The normalized spacial score (nSPS) is 15.5. The van der Waals surface area contributed by atoms with Crippen molar-refractivity contribution in [3.8, 4) is 11.5 Å². The van der Waals surface area contributed by atoms with Crippen molar-refractivity contribution < 1.29 is 76.6 Å². The number of hydrogen-bond donors (Lipinski definition) is 9. The van der Waals surface area contributed by atoms with Gasteiger partial charge in [-0.3, -0.25) is 24.4 Å². The second-order valence-corrected chi connectivity index (χ2v) is 10.6. The Bertz CT molecular complexity index is 1540. The fraction of sp³-hybridized carbons (Fsp3) is 0.471. The van der Waals surface area contributed by atoms with Gasteiger partial charge in [-0.15, -0.1) is 12.4 Å². The molecule has 0 aromatic heterocycles. The maximum absolute atomic E-state index is 12.1. The number of β-amino-alcohol motifs (C(OH)–C–C–N with tert-alkyl or cyclic N) is 2. The molecule has 0 saturated carbocycles. The van der Waals surface area contributed by atoms with E-state index in [1.807, 2.05) is 4.93 Å². The van der Waals surface area contributed by atoms with E-state index in [0.717, 1.165) is 0 Å². The molecule has 2 unspecified atom stereocenters. The monoisotopic (exact) mass is 884 g/mol. The van der Waals surface area contributed by atoms with E-state index < -0.39 is 30.1 Å². The van der Waals surface area contributed by atoms with Crippen molar-refractivity contribution in [2.45, 2.75) is 46.3 Å². The average Bonchev–Trinajstić information content (AvgIpc) is 3.10. The van der Waals surface area contributed by atoms with E-state index in [-0.39, 0.29) is 90.5 Å². The van der Waals surface area contributed by atoms with Gasteiger partial charge in [0.2, 0.25) is 0 Å². The number of aromatic hydroxyl groups is 2. The second kappa shape index (κ2) is 28.3. The number of amidine groups is 2. The first kappa shape index (κ1) is 48.8. The summed E-state index contributed by atoms with van der Waals surface area (Å²) in [7, 11) is 0. The molecule has 2 aliphatic rings. The molecular formula is C34H53ClIN6O11-. The van der Waals surface area contributed by atoms with Crippen LogP contribution in [0, 0.1) is 0 Å². The number of carboxylic acid groups (broad SMARTS) is 1. The van der Waals surface area contributed by atoms with E-state index in [2.05, 4.69) is 30.7 Å². The van der Waals surface area contributed by atoms with Crippen molar-refractivity contribution >= 4 is 47.9 Å². The molecule has 10 N–H and O–H groups in total. The molecule has 0 aliphatic carbocycles. The number of benzene rings is 2. The third-order valence-electron chi connectivity index (χ3n) is 6.45. The zero-order valence-electron chi connectivity index (χ0n) is 30.1. The SMILES string of the molecule is C.CCOC(=O)CN.CCOC(=O)CNC(=O)c1cc(O)cc(CC2=NCC(O)CN2)c1.Cl.O=C(O)c1cc(O)cc(CC2=NCC(O)CN2)c1.[2H][I-]C. The Hall–Kier alpha value is -4.24. The standard InChI is InChI=1S/C16H21N3O5.C12H14N2O4.C4H9NO2.CH4I.CH4.ClH/c1-2-24-15(22)9-19-16(23)11-3-10(4-12(20)6-11)5-14-17-7-13(21)8-18-14;15-9-2-7(1-8(4-9)12(17)18)3-11-13-5-10(16)6-14-11;1-2-7-4(6)3-5;1-2;;/h3-4,6,13,20-21H,2,5,7-9H2,1H3,(H,17,18)(H,19,23);1-2,4,10,15-16H,3,5-6H2,(H,13,14)(H,17,18);2-3,5H2,1H3;2H,1H3;1H4;1H/q;;;-1;;/i;;;2D;;. The number of aliphatic imine (C=N–C) groups is 2. The Morgan fingerprint density at radius 1 is 0.868 bits per heavy atom. The van der Waals surface area contributed by atoms with Crippen molar-refractivity contribution in [3.05, 3.63) is 58.7 Å². The van der Waals surface area contributed by atoms with Crippen molar-refractivity contribution in [1.82, 2.24) is 16.0 Å². The number of ether oxygens (including phenoxy) is 2. The average molecular weight is 885 g/mol. The Balaban J connectivity index is 0. The first-order chi connectivity index (χ1) is 24.7. The van der Waals surface area contributed by atoms with Gasteiger partial charge in [-0.05, 0) is 61.4 Å². The van der Waals surface area contributed by atoms with Gasteiger partial charge < -0.3 is 56.7 Å². The molecule has 300 valence electrons. The van der Waals surface area contributed by atoms with Gasteiger partial charge in [0.25, 0.3) is 5.91 Å². The molecule has 53 heavy (non-hydrogen) atoms. The van der Waals surface area contributed by atoms with E-state index in [1.54, 1.807) is 19.9 Å². The molecule has 17 nitrogen and oxygen atoms in total. The number of phenolic OH excluding ortho intramolecular Hbond substituents is 2. The number of hydrogen-bond acceptors (Lipinski definition) is 15. The molecule has 0 saturated heterocycles. The van der Waals surface area contributed by atoms with E-state index >= 15 is 0 Å². The zero-order chi connectivity index (χ0) is 39.1. The van der Waals surface area contributed by atoms with Crippen molar-refractivity contribution in [2.24, 2.45) is 15.7 Å². The molecule has 2 aromatic rings. The summed E-state index contributed by atoms with van der Waals surface area (Å²) < 4.78 is 15.5. The third kappa shape index (κ3) is 21.2. The predicted octanol–water partition coefficient (Wildman–Crippen LogP) is -2.95. The topological polar surface area (TPSA) is 275 Å². The summed E-state index contributed by atoms with van der Waals surface area (Å²) in [5.41, 5.74) is 6.52. The van der Waals surface area contributed by atoms with Gasteiger partial charge in [0.15, 0.2) is 0 Å². The number of amides is 1. The maximum atomic E-state index is 12.1. The number of nitrogens with zero attached hydrogens (tertiary/aromatic N) is 2. The van der Waals surface area contributed by atoms with Gasteiger partial charge in [-0.1, -0.05) is 7.43 Å². The molecule has 2 heterocycles. The molecule has 19 heteroatoms. The van der Waals surface area contributed by atoms with Gasteiger partial charge in [0, 0.05) is 31.5 Å². The van der Waals surface area contributed by atoms with Gasteiger partial charge in [0.1, 0.15) is 29.7 Å². The predicted molar refractivity (Wildman–Crippen MR) is 199 cm³/mol. The first-order valence-electron chi connectivity index (χ1n) is 16.2. The Kier molecular flexibility index (Phi) is 26.0. The molecule has 0 bridgehead atoms. The van der Waals surface area contributed by atoms with Crippen LogP contribution >= 0.6 is 12.4 Å². The first-order valence-corrected chi connectivity index (χ1v) is 18.0. The zero-order valence-corrected chi connectivity index (χ0v) is 32.1. The quantitative estimate of drug-likeness (QED) is 0.0621. The number of esters is 2. The Morgan fingerprint density at radius 3 is 1.68 bits per heavy atom. The fourth-order valence-corrected chi connectivity index (χ4v) is 4.26. The summed E-state index contributed by atoms with van der Waals surface area (Å²) >= 11 is -0.160. The number of aliphatic hydroxyl groups excluding tert-OH is 2. The number of rotatable bonds is 11. The summed E-state index contributed by atoms with van der Waals surface area (Å²) in [5, 5.41) is 55.2. The molecule has 2 aromatic carbocycles. The van der Waals surface area contributed by atoms with Crippen LogP contribution in [0.2, 0.25) is 0 Å². The minimum atomic E-state index is -1.08. The van der Waals surface area contributed by atoms with Crippen molar-refractivity contribution in [1.29, 1.82) is 0.594 Å². The van der Waals surface area contributed by atoms with Crippen LogP contribution in [0.1, 0.15) is 53.1 Å². The second-order valence-electron chi connectivity index (χ2n) is 10.6. The molecule has 2 atom stereocenters. The van der Waals surface area contributed by atoms with Crippen LogP contribution in [0.5, 0.6) is 11.5 Å². The number of carbonyl (C=O) groups excluding carboxylic acids is 3. The number of nitrogens with one attached hydrogen (secondary N) is 3. The molecular weight excluding hydrogens is 831 g/mol. The number of phenols is 2. The van der Waals surface area contributed by atoms with Gasteiger partial charge in [0.05, 0.1) is 50.6 Å². The fourth-order valence-electron chi connectivity index (χ4n) is 4.26. The van der Waals surface area contributed by atoms with Gasteiger partial charge in [-0.2, -0.15) is 0 Å². The van der Waals surface area contributed by atoms with Crippen molar-refractivity contribution in [2.75, 3.05) is 57.4 Å². The van der Waals surface area contributed by atoms with Gasteiger partial charge >= 0.3 is 45.8 Å². The summed E-state index contributed by atoms with van der Waals surface area (Å²) in [6.45, 7) is 5.35. The molecule has 4 rings (SSSR count). The molecule has 0 spiro atoms. The Labute approximate surface area is 329 Å².